The summed E-state index contributed by atoms with van der Waals surface area (Å²) < 4.78 is 0. The summed E-state index contributed by atoms with van der Waals surface area (Å²) in [5.41, 5.74) is 6.30. The fourth-order valence-corrected chi connectivity index (χ4v) is 4.58. The van der Waals surface area contributed by atoms with Crippen LogP contribution < -0.4 is 11.1 Å². The van der Waals surface area contributed by atoms with Crippen LogP contribution in [0.2, 0.25) is 0 Å². The number of nitrogens with zero attached hydrogens (tertiary/aromatic N) is 2. The van der Waals surface area contributed by atoms with Crippen LogP contribution in [0.15, 0.2) is 0 Å². The molecule has 1 aromatic rings. The zero-order valence-electron chi connectivity index (χ0n) is 13.5. The number of carbonyl (C=O) groups is 2. The van der Waals surface area contributed by atoms with Crippen LogP contribution in [0.5, 0.6) is 0 Å². The van der Waals surface area contributed by atoms with E-state index in [0.717, 1.165) is 55.9 Å². The highest BCUT2D eigenvalue weighted by molar-refractivity contribution is 7.11. The third-order valence-electron chi connectivity index (χ3n) is 4.72. The standard InChI is InChI=1S/C16H24N4O2S/c1-10-18-15-12(3-2-4-13(15)23-10)19-16(22)11-5-7-20(8-6-11)9-14(17)21/h11-12H,2-9H2,1H3,(H2,17,21)(H,19,22)/t12-/m1/s1. The molecule has 0 radical (unpaired) electrons. The lowest BCUT2D eigenvalue weighted by molar-refractivity contribution is -0.127. The summed E-state index contributed by atoms with van der Waals surface area (Å²) in [6, 6.07) is 0.0693. The molecule has 0 spiro atoms. The van der Waals surface area contributed by atoms with Gasteiger partial charge in [-0.2, -0.15) is 0 Å². The van der Waals surface area contributed by atoms with Crippen molar-refractivity contribution in [3.8, 4) is 0 Å². The number of hydrogen-bond acceptors (Lipinski definition) is 5. The van der Waals surface area contributed by atoms with Gasteiger partial charge in [0.25, 0.3) is 0 Å². The van der Waals surface area contributed by atoms with Crippen molar-refractivity contribution in [2.45, 2.75) is 45.1 Å². The number of nitrogens with two attached hydrogens (primary N) is 1. The fourth-order valence-electron chi connectivity index (χ4n) is 3.54. The number of aromatic nitrogens is 1. The quantitative estimate of drug-likeness (QED) is 0.863. The van der Waals surface area contributed by atoms with E-state index in [0.29, 0.717) is 6.54 Å². The zero-order chi connectivity index (χ0) is 16.4. The Balaban J connectivity index is 1.55. The van der Waals surface area contributed by atoms with Crippen LogP contribution >= 0.6 is 11.3 Å². The maximum Gasteiger partial charge on any atom is 0.231 e. The average molecular weight is 336 g/mol. The Morgan fingerprint density at radius 1 is 1.35 bits per heavy atom. The molecule has 0 unspecified atom stereocenters. The van der Waals surface area contributed by atoms with Gasteiger partial charge in [0.05, 0.1) is 23.3 Å². The summed E-state index contributed by atoms with van der Waals surface area (Å²) in [5.74, 6) is -0.141. The number of carbonyl (C=O) groups excluding carboxylic acids is 2. The van der Waals surface area contributed by atoms with Crippen LogP contribution in [0.3, 0.4) is 0 Å². The number of nitrogens with one attached hydrogen (secondary N) is 1. The van der Waals surface area contributed by atoms with Crippen LogP contribution in [0, 0.1) is 12.8 Å². The average Bonchev–Trinajstić information content (AvgIpc) is 2.88. The van der Waals surface area contributed by atoms with Crippen molar-refractivity contribution >= 4 is 23.2 Å². The first-order valence-corrected chi connectivity index (χ1v) is 9.12. The number of piperidine rings is 1. The van der Waals surface area contributed by atoms with E-state index in [1.165, 1.54) is 4.88 Å². The largest absolute Gasteiger partial charge is 0.369 e. The van der Waals surface area contributed by atoms with Gasteiger partial charge in [-0.05, 0) is 52.1 Å². The second kappa shape index (κ2) is 6.97. The van der Waals surface area contributed by atoms with Gasteiger partial charge in [-0.3, -0.25) is 14.5 Å². The molecule has 0 aromatic carbocycles. The zero-order valence-corrected chi connectivity index (χ0v) is 14.3. The van der Waals surface area contributed by atoms with Crippen molar-refractivity contribution in [1.82, 2.24) is 15.2 Å². The number of likely N-dealkylation sites (tertiary alicyclic amines) is 1. The van der Waals surface area contributed by atoms with E-state index >= 15 is 0 Å². The molecule has 2 aliphatic rings. The molecule has 1 aromatic heterocycles. The molecule has 1 saturated heterocycles. The molecule has 3 N–H and O–H groups in total. The molecule has 0 saturated carbocycles. The van der Waals surface area contributed by atoms with Crippen LogP contribution in [-0.4, -0.2) is 41.3 Å². The molecule has 1 fully saturated rings. The van der Waals surface area contributed by atoms with E-state index in [1.54, 1.807) is 11.3 Å². The van der Waals surface area contributed by atoms with Crippen LogP contribution in [-0.2, 0) is 16.0 Å². The first kappa shape index (κ1) is 16.4. The van der Waals surface area contributed by atoms with E-state index in [1.807, 2.05) is 11.8 Å². The molecule has 2 amide bonds. The summed E-state index contributed by atoms with van der Waals surface area (Å²) in [7, 11) is 0. The molecule has 126 valence electrons. The first-order valence-electron chi connectivity index (χ1n) is 8.30. The highest BCUT2D eigenvalue weighted by Gasteiger charge is 2.30. The van der Waals surface area contributed by atoms with Gasteiger partial charge < -0.3 is 11.1 Å². The Labute approximate surface area is 140 Å². The molecule has 3 rings (SSSR count). The summed E-state index contributed by atoms with van der Waals surface area (Å²) in [4.78, 5) is 31.5. The van der Waals surface area contributed by atoms with E-state index < -0.39 is 0 Å². The molecule has 1 atom stereocenters. The Bertz CT molecular complexity index is 593. The van der Waals surface area contributed by atoms with Gasteiger partial charge in [0.15, 0.2) is 0 Å². The third-order valence-corrected chi connectivity index (χ3v) is 5.76. The highest BCUT2D eigenvalue weighted by Crippen LogP contribution is 2.33. The lowest BCUT2D eigenvalue weighted by Crippen LogP contribution is -2.44. The SMILES string of the molecule is Cc1nc2c(s1)CCC[C@H]2NC(=O)C1CCN(CC(N)=O)CC1. The van der Waals surface area contributed by atoms with Crippen molar-refractivity contribution in [2.24, 2.45) is 11.7 Å². The number of thiazole rings is 1. The summed E-state index contributed by atoms with van der Waals surface area (Å²) in [6.45, 7) is 3.83. The summed E-state index contributed by atoms with van der Waals surface area (Å²) >= 11 is 1.75. The number of rotatable bonds is 4. The Kier molecular flexibility index (Phi) is 4.96. The first-order chi connectivity index (χ1) is 11.0. The monoisotopic (exact) mass is 336 g/mol. The van der Waals surface area contributed by atoms with Gasteiger partial charge in [-0.15, -0.1) is 11.3 Å². The smallest absolute Gasteiger partial charge is 0.231 e. The van der Waals surface area contributed by atoms with E-state index in [2.05, 4.69) is 10.3 Å². The molecule has 0 bridgehead atoms. The lowest BCUT2D eigenvalue weighted by atomic mass is 9.93. The van der Waals surface area contributed by atoms with Crippen molar-refractivity contribution in [3.63, 3.8) is 0 Å². The van der Waals surface area contributed by atoms with Crippen molar-refractivity contribution < 1.29 is 9.59 Å². The number of aryl methyl sites for hydroxylation is 2. The summed E-state index contributed by atoms with van der Waals surface area (Å²) in [5, 5.41) is 4.29. The van der Waals surface area contributed by atoms with Crippen molar-refractivity contribution in [1.29, 1.82) is 0 Å². The minimum atomic E-state index is -0.304. The molecular weight excluding hydrogens is 312 g/mol. The second-order valence-electron chi connectivity index (χ2n) is 6.51. The van der Waals surface area contributed by atoms with Gasteiger partial charge in [-0.25, -0.2) is 4.98 Å². The molecule has 7 heteroatoms. The molecular formula is C16H24N4O2S. The van der Waals surface area contributed by atoms with Gasteiger partial charge in [0.1, 0.15) is 0 Å². The van der Waals surface area contributed by atoms with Gasteiger partial charge in [-0.1, -0.05) is 0 Å². The predicted octanol–water partition coefficient (Wildman–Crippen LogP) is 1.14. The van der Waals surface area contributed by atoms with Crippen LogP contribution in [0.4, 0.5) is 0 Å². The van der Waals surface area contributed by atoms with Gasteiger partial charge in [0.2, 0.25) is 11.8 Å². The maximum absolute atomic E-state index is 12.6. The van der Waals surface area contributed by atoms with Crippen LogP contribution in [0.1, 0.15) is 47.3 Å². The maximum atomic E-state index is 12.6. The number of primary amides is 1. The Hall–Kier alpha value is -1.47. The van der Waals surface area contributed by atoms with E-state index in [-0.39, 0.29) is 23.8 Å². The minimum Gasteiger partial charge on any atom is -0.369 e. The Morgan fingerprint density at radius 2 is 2.09 bits per heavy atom. The lowest BCUT2D eigenvalue weighted by Gasteiger charge is -2.31. The molecule has 6 nitrogen and oxygen atoms in total. The molecule has 23 heavy (non-hydrogen) atoms. The third kappa shape index (κ3) is 3.90. The fraction of sp³-hybridized carbons (Fsp3) is 0.688. The van der Waals surface area contributed by atoms with E-state index in [4.69, 9.17) is 5.73 Å². The summed E-state index contributed by atoms with van der Waals surface area (Å²) in [6.07, 6.45) is 4.74. The number of fused-ring (bicyclic) bond motifs is 1. The Morgan fingerprint density at radius 3 is 2.78 bits per heavy atom. The number of hydrogen-bond donors (Lipinski definition) is 2. The normalized spacial score (nSPS) is 22.6. The van der Waals surface area contributed by atoms with Gasteiger partial charge in [0, 0.05) is 10.8 Å². The molecule has 2 heterocycles. The topological polar surface area (TPSA) is 88.3 Å². The number of amides is 2. The van der Waals surface area contributed by atoms with Crippen molar-refractivity contribution in [2.75, 3.05) is 19.6 Å². The van der Waals surface area contributed by atoms with Crippen LogP contribution in [0.25, 0.3) is 0 Å². The molecule has 1 aliphatic heterocycles. The van der Waals surface area contributed by atoms with E-state index in [9.17, 15) is 9.59 Å². The highest BCUT2D eigenvalue weighted by atomic mass is 32.1. The van der Waals surface area contributed by atoms with Crippen molar-refractivity contribution in [3.05, 3.63) is 15.6 Å². The predicted molar refractivity (Wildman–Crippen MR) is 89.0 cm³/mol. The second-order valence-corrected chi connectivity index (χ2v) is 7.80. The minimum absolute atomic E-state index is 0.0317. The molecule has 1 aliphatic carbocycles. The van der Waals surface area contributed by atoms with Gasteiger partial charge >= 0.3 is 0 Å².